The molecule has 1 amide bonds. The molecule has 0 unspecified atom stereocenters. The van der Waals surface area contributed by atoms with Crippen molar-refractivity contribution < 1.29 is 10.0 Å². The Labute approximate surface area is 63.6 Å². The number of amides is 1. The maximum Gasteiger partial charge on any atom is 0.295 e. The summed E-state index contributed by atoms with van der Waals surface area (Å²) in [4.78, 5) is 10.7. The van der Waals surface area contributed by atoms with Gasteiger partial charge >= 0.3 is 0 Å². The summed E-state index contributed by atoms with van der Waals surface area (Å²) < 4.78 is 1.56. The molecule has 0 atom stereocenters. The molecule has 1 aromatic heterocycles. The second-order valence-corrected chi connectivity index (χ2v) is 2.24. The lowest BCUT2D eigenvalue weighted by Gasteiger charge is -1.90. The third kappa shape index (κ3) is 1.38. The van der Waals surface area contributed by atoms with Crippen LogP contribution in [0.25, 0.3) is 0 Å². The lowest BCUT2D eigenvalue weighted by Crippen LogP contribution is -2.19. The molecule has 0 aromatic carbocycles. The summed E-state index contributed by atoms with van der Waals surface area (Å²) in [5.41, 5.74) is 2.59. The minimum Gasteiger partial charge on any atom is -0.288 e. The van der Waals surface area contributed by atoms with Crippen molar-refractivity contribution in [1.29, 1.82) is 0 Å². The number of hydroxylamine groups is 1. The van der Waals surface area contributed by atoms with E-state index in [1.165, 1.54) is 5.48 Å². The molecule has 0 aliphatic rings. The van der Waals surface area contributed by atoms with Gasteiger partial charge in [0.05, 0.1) is 0 Å². The average Bonchev–Trinajstić information content (AvgIpc) is 2.31. The molecule has 11 heavy (non-hydrogen) atoms. The van der Waals surface area contributed by atoms with Gasteiger partial charge in [0.2, 0.25) is 0 Å². The molecule has 5 nitrogen and oxygen atoms in total. The van der Waals surface area contributed by atoms with Crippen molar-refractivity contribution in [3.05, 3.63) is 17.5 Å². The highest BCUT2D eigenvalue weighted by Gasteiger charge is 2.08. The predicted molar refractivity (Wildman–Crippen MR) is 37.2 cm³/mol. The first kappa shape index (κ1) is 7.74. The van der Waals surface area contributed by atoms with Crippen molar-refractivity contribution in [1.82, 2.24) is 15.3 Å². The van der Waals surface area contributed by atoms with Crippen molar-refractivity contribution >= 4 is 5.91 Å². The Hall–Kier alpha value is -1.36. The number of hydrogen-bond donors (Lipinski definition) is 2. The minimum absolute atomic E-state index is 0.215. The predicted octanol–water partition coefficient (Wildman–Crippen LogP) is -0.152. The second kappa shape index (κ2) is 2.71. The second-order valence-electron chi connectivity index (χ2n) is 2.24. The zero-order chi connectivity index (χ0) is 8.43. The highest BCUT2D eigenvalue weighted by Crippen LogP contribution is 1.99. The molecule has 5 heteroatoms. The first-order valence-corrected chi connectivity index (χ1v) is 3.10. The van der Waals surface area contributed by atoms with E-state index in [1.807, 2.05) is 6.92 Å². The number of nitrogens with zero attached hydrogens (tertiary/aromatic N) is 2. The molecule has 1 aromatic rings. The van der Waals surface area contributed by atoms with E-state index < -0.39 is 5.91 Å². The van der Waals surface area contributed by atoms with Gasteiger partial charge < -0.3 is 0 Å². The topological polar surface area (TPSA) is 67.2 Å². The SMILES string of the molecule is Cc1cc(C(=O)NO)nn1C. The van der Waals surface area contributed by atoms with Crippen LogP contribution >= 0.6 is 0 Å². The van der Waals surface area contributed by atoms with Crippen LogP contribution in [0.2, 0.25) is 0 Å². The summed E-state index contributed by atoms with van der Waals surface area (Å²) in [5, 5.41) is 12.1. The summed E-state index contributed by atoms with van der Waals surface area (Å²) in [6, 6.07) is 1.59. The lowest BCUT2D eigenvalue weighted by molar-refractivity contribution is 0.0700. The van der Waals surface area contributed by atoms with E-state index >= 15 is 0 Å². The maximum atomic E-state index is 10.7. The first-order chi connectivity index (χ1) is 5.15. The first-order valence-electron chi connectivity index (χ1n) is 3.10. The van der Waals surface area contributed by atoms with Gasteiger partial charge in [-0.25, -0.2) is 5.48 Å². The Bertz CT molecular complexity index is 260. The molecule has 0 saturated heterocycles. The van der Waals surface area contributed by atoms with Crippen LogP contribution in [0.15, 0.2) is 6.07 Å². The maximum absolute atomic E-state index is 10.7. The van der Waals surface area contributed by atoms with Crippen molar-refractivity contribution in [2.75, 3.05) is 0 Å². The quantitative estimate of drug-likeness (QED) is 0.437. The van der Waals surface area contributed by atoms with Gasteiger partial charge in [0.1, 0.15) is 0 Å². The van der Waals surface area contributed by atoms with Crippen LogP contribution in [0.3, 0.4) is 0 Å². The van der Waals surface area contributed by atoms with Gasteiger partial charge in [0.15, 0.2) is 5.69 Å². The third-order valence-electron chi connectivity index (χ3n) is 1.45. The molecule has 1 heterocycles. The van der Waals surface area contributed by atoms with Gasteiger partial charge in [-0.3, -0.25) is 14.7 Å². The van der Waals surface area contributed by atoms with Gasteiger partial charge in [0, 0.05) is 12.7 Å². The van der Waals surface area contributed by atoms with E-state index in [4.69, 9.17) is 5.21 Å². The monoisotopic (exact) mass is 155 g/mol. The number of aromatic nitrogens is 2. The Morgan fingerprint density at radius 1 is 1.82 bits per heavy atom. The number of rotatable bonds is 1. The van der Waals surface area contributed by atoms with E-state index in [0.717, 1.165) is 5.69 Å². The van der Waals surface area contributed by atoms with E-state index in [-0.39, 0.29) is 5.69 Å². The van der Waals surface area contributed by atoms with E-state index in [0.29, 0.717) is 0 Å². The van der Waals surface area contributed by atoms with E-state index in [2.05, 4.69) is 5.10 Å². The molecule has 0 fully saturated rings. The van der Waals surface area contributed by atoms with Crippen LogP contribution < -0.4 is 5.48 Å². The molecule has 0 spiro atoms. The van der Waals surface area contributed by atoms with E-state index in [9.17, 15) is 4.79 Å². The Morgan fingerprint density at radius 2 is 2.45 bits per heavy atom. The highest BCUT2D eigenvalue weighted by atomic mass is 16.5. The molecule has 0 aliphatic heterocycles. The summed E-state index contributed by atoms with van der Waals surface area (Å²) in [6.07, 6.45) is 0. The van der Waals surface area contributed by atoms with Crippen molar-refractivity contribution in [3.8, 4) is 0 Å². The average molecular weight is 155 g/mol. The molecule has 0 radical (unpaired) electrons. The van der Waals surface area contributed by atoms with Crippen LogP contribution in [0.1, 0.15) is 16.2 Å². The number of nitrogens with one attached hydrogen (secondary N) is 1. The standard InChI is InChI=1S/C6H9N3O2/c1-4-3-5(6(10)8-11)7-9(4)2/h3,11H,1-2H3,(H,8,10). The van der Waals surface area contributed by atoms with Crippen LogP contribution in [0.4, 0.5) is 0 Å². The van der Waals surface area contributed by atoms with Crippen LogP contribution in [-0.4, -0.2) is 20.9 Å². The smallest absolute Gasteiger partial charge is 0.288 e. The fourth-order valence-electron chi connectivity index (χ4n) is 0.729. The summed E-state index contributed by atoms with van der Waals surface area (Å²) in [7, 11) is 1.73. The molecule has 0 saturated carbocycles. The van der Waals surface area contributed by atoms with Gasteiger partial charge in [-0.2, -0.15) is 5.10 Å². The van der Waals surface area contributed by atoms with Gasteiger partial charge in [0.25, 0.3) is 5.91 Å². The molecular weight excluding hydrogens is 146 g/mol. The van der Waals surface area contributed by atoms with E-state index in [1.54, 1.807) is 17.8 Å². The van der Waals surface area contributed by atoms with Gasteiger partial charge in [-0.1, -0.05) is 0 Å². The van der Waals surface area contributed by atoms with Gasteiger partial charge in [-0.05, 0) is 13.0 Å². The van der Waals surface area contributed by atoms with Crippen molar-refractivity contribution in [2.45, 2.75) is 6.92 Å². The summed E-state index contributed by atoms with van der Waals surface area (Å²) in [5.74, 6) is -0.589. The van der Waals surface area contributed by atoms with Crippen molar-refractivity contribution in [3.63, 3.8) is 0 Å². The third-order valence-corrected chi connectivity index (χ3v) is 1.45. The zero-order valence-electron chi connectivity index (χ0n) is 6.33. The van der Waals surface area contributed by atoms with Gasteiger partial charge in [-0.15, -0.1) is 0 Å². The Balaban J connectivity index is 2.97. The summed E-state index contributed by atoms with van der Waals surface area (Å²) in [6.45, 7) is 1.82. The molecule has 1 rings (SSSR count). The van der Waals surface area contributed by atoms with Crippen LogP contribution in [-0.2, 0) is 7.05 Å². The number of aryl methyl sites for hydroxylation is 2. The zero-order valence-corrected chi connectivity index (χ0v) is 6.33. The minimum atomic E-state index is -0.589. The Morgan fingerprint density at radius 3 is 2.82 bits per heavy atom. The number of carbonyl (C=O) groups is 1. The molecule has 60 valence electrons. The molecule has 0 aliphatic carbocycles. The molecule has 0 bridgehead atoms. The highest BCUT2D eigenvalue weighted by molar-refractivity contribution is 5.91. The molecular formula is C6H9N3O2. The largest absolute Gasteiger partial charge is 0.295 e. The number of carbonyl (C=O) groups excluding carboxylic acids is 1. The normalized spacial score (nSPS) is 9.73. The fourth-order valence-corrected chi connectivity index (χ4v) is 0.729. The number of hydrogen-bond acceptors (Lipinski definition) is 3. The van der Waals surface area contributed by atoms with Crippen molar-refractivity contribution in [2.24, 2.45) is 7.05 Å². The molecule has 2 N–H and O–H groups in total. The lowest BCUT2D eigenvalue weighted by atomic mass is 10.4. The van der Waals surface area contributed by atoms with Crippen LogP contribution in [0.5, 0.6) is 0 Å². The van der Waals surface area contributed by atoms with Crippen LogP contribution in [0, 0.1) is 6.92 Å². The fraction of sp³-hybridized carbons (Fsp3) is 0.333. The summed E-state index contributed by atoms with van der Waals surface area (Å²) >= 11 is 0. The Kier molecular flexibility index (Phi) is 1.91.